The Kier molecular flexibility index (Phi) is 4.16. The highest BCUT2D eigenvalue weighted by Crippen LogP contribution is 2.20. The fraction of sp³-hybridized carbons (Fsp3) is 0.417. The van der Waals surface area contributed by atoms with Crippen LogP contribution >= 0.6 is 0 Å². The average molecular weight is 206 g/mol. The first-order valence-corrected chi connectivity index (χ1v) is 5.13. The summed E-state index contributed by atoms with van der Waals surface area (Å²) in [5.41, 5.74) is 7.67. The molecule has 0 radical (unpaired) electrons. The van der Waals surface area contributed by atoms with E-state index in [0.717, 1.165) is 12.2 Å². The Balaban J connectivity index is 2.44. The molecule has 15 heavy (non-hydrogen) atoms. The number of hydrogen-bond donors (Lipinski definition) is 2. The monoisotopic (exact) mass is 206 g/mol. The summed E-state index contributed by atoms with van der Waals surface area (Å²) in [6.07, 6.45) is 1.40. The van der Waals surface area contributed by atoms with Gasteiger partial charge in [-0.25, -0.2) is 0 Å². The summed E-state index contributed by atoms with van der Waals surface area (Å²) in [6.45, 7) is 4.73. The minimum absolute atomic E-state index is 0.222. The molecule has 3 nitrogen and oxygen atoms in total. The first-order chi connectivity index (χ1) is 7.11. The molecular weight excluding hydrogens is 188 g/mol. The number of rotatable bonds is 5. The molecule has 0 bridgehead atoms. The third-order valence-electron chi connectivity index (χ3n) is 2.40. The van der Waals surface area contributed by atoms with Gasteiger partial charge in [-0.3, -0.25) is 5.41 Å². The van der Waals surface area contributed by atoms with Gasteiger partial charge in [0.1, 0.15) is 5.75 Å². The molecule has 0 heterocycles. The van der Waals surface area contributed by atoms with Gasteiger partial charge in [-0.15, -0.1) is 0 Å². The number of hydrogen-bond acceptors (Lipinski definition) is 2. The largest absolute Gasteiger partial charge is 0.493 e. The molecule has 0 aromatic heterocycles. The normalized spacial score (nSPS) is 10.0. The van der Waals surface area contributed by atoms with Crippen molar-refractivity contribution in [1.29, 1.82) is 5.41 Å². The van der Waals surface area contributed by atoms with E-state index < -0.39 is 0 Å². The van der Waals surface area contributed by atoms with Crippen molar-refractivity contribution in [3.05, 3.63) is 29.3 Å². The van der Waals surface area contributed by atoms with Crippen molar-refractivity contribution in [2.45, 2.75) is 26.7 Å². The number of aryl methyl sites for hydroxylation is 1. The lowest BCUT2D eigenvalue weighted by Crippen LogP contribution is -2.11. The van der Waals surface area contributed by atoms with E-state index in [1.165, 1.54) is 11.1 Å². The Morgan fingerprint density at radius 2 is 2.13 bits per heavy atom. The van der Waals surface area contributed by atoms with Gasteiger partial charge in [0.2, 0.25) is 0 Å². The van der Waals surface area contributed by atoms with Crippen molar-refractivity contribution < 1.29 is 4.74 Å². The minimum atomic E-state index is 0.222. The number of nitrogens with two attached hydrogens (primary N) is 1. The fourth-order valence-electron chi connectivity index (χ4n) is 1.33. The number of ether oxygens (including phenoxy) is 1. The van der Waals surface area contributed by atoms with E-state index in [2.05, 4.69) is 19.9 Å². The SMILES string of the molecule is Cc1cccc(OCCCC(=N)N)c1C. The smallest absolute Gasteiger partial charge is 0.122 e. The van der Waals surface area contributed by atoms with Crippen LogP contribution in [0.4, 0.5) is 0 Å². The lowest BCUT2D eigenvalue weighted by atomic mass is 10.1. The summed E-state index contributed by atoms with van der Waals surface area (Å²) in [7, 11) is 0. The second-order valence-corrected chi connectivity index (χ2v) is 3.68. The van der Waals surface area contributed by atoms with Crippen LogP contribution in [-0.4, -0.2) is 12.4 Å². The second kappa shape index (κ2) is 5.39. The molecule has 0 saturated heterocycles. The predicted molar refractivity (Wildman–Crippen MR) is 62.6 cm³/mol. The Morgan fingerprint density at radius 3 is 2.80 bits per heavy atom. The summed E-state index contributed by atoms with van der Waals surface area (Å²) in [5.74, 6) is 1.15. The quantitative estimate of drug-likeness (QED) is 0.441. The van der Waals surface area contributed by atoms with Crippen LogP contribution in [0.15, 0.2) is 18.2 Å². The van der Waals surface area contributed by atoms with Crippen LogP contribution in [0.2, 0.25) is 0 Å². The van der Waals surface area contributed by atoms with Crippen molar-refractivity contribution in [3.8, 4) is 5.75 Å². The molecule has 0 aliphatic heterocycles. The van der Waals surface area contributed by atoms with E-state index in [4.69, 9.17) is 15.9 Å². The standard InChI is InChI=1S/C12H18N2O/c1-9-5-3-6-11(10(9)2)15-8-4-7-12(13)14/h3,5-6H,4,7-8H2,1-2H3,(H3,13,14). The van der Waals surface area contributed by atoms with Crippen LogP contribution in [0.3, 0.4) is 0 Å². The summed E-state index contributed by atoms with van der Waals surface area (Å²) in [4.78, 5) is 0. The van der Waals surface area contributed by atoms with Crippen LogP contribution in [0.1, 0.15) is 24.0 Å². The summed E-state index contributed by atoms with van der Waals surface area (Å²) in [5, 5.41) is 7.08. The zero-order chi connectivity index (χ0) is 11.3. The molecule has 0 spiro atoms. The summed E-state index contributed by atoms with van der Waals surface area (Å²) in [6, 6.07) is 6.02. The molecule has 0 atom stereocenters. The van der Waals surface area contributed by atoms with E-state index >= 15 is 0 Å². The van der Waals surface area contributed by atoms with E-state index in [-0.39, 0.29) is 5.84 Å². The maximum absolute atomic E-state index is 7.08. The molecule has 0 aliphatic carbocycles. The van der Waals surface area contributed by atoms with Crippen molar-refractivity contribution in [3.63, 3.8) is 0 Å². The van der Waals surface area contributed by atoms with Crippen LogP contribution in [0.25, 0.3) is 0 Å². The lowest BCUT2D eigenvalue weighted by molar-refractivity contribution is 0.311. The van der Waals surface area contributed by atoms with Gasteiger partial charge < -0.3 is 10.5 Å². The Bertz CT molecular complexity index is 347. The van der Waals surface area contributed by atoms with Gasteiger partial charge >= 0.3 is 0 Å². The van der Waals surface area contributed by atoms with Gasteiger partial charge in [-0.2, -0.15) is 0 Å². The van der Waals surface area contributed by atoms with Gasteiger partial charge in [-0.05, 0) is 37.5 Å². The summed E-state index contributed by atoms with van der Waals surface area (Å²) >= 11 is 0. The van der Waals surface area contributed by atoms with Crippen molar-refractivity contribution in [2.24, 2.45) is 5.73 Å². The zero-order valence-corrected chi connectivity index (χ0v) is 9.34. The number of nitrogens with one attached hydrogen (secondary N) is 1. The maximum Gasteiger partial charge on any atom is 0.122 e. The molecule has 82 valence electrons. The van der Waals surface area contributed by atoms with Crippen molar-refractivity contribution in [2.75, 3.05) is 6.61 Å². The number of benzene rings is 1. The Labute approximate surface area is 90.8 Å². The highest BCUT2D eigenvalue weighted by atomic mass is 16.5. The molecule has 0 aliphatic rings. The minimum Gasteiger partial charge on any atom is -0.493 e. The zero-order valence-electron chi connectivity index (χ0n) is 9.34. The highest BCUT2D eigenvalue weighted by molar-refractivity contribution is 5.76. The molecular formula is C12H18N2O. The van der Waals surface area contributed by atoms with E-state index in [0.29, 0.717) is 13.0 Å². The molecule has 0 unspecified atom stereocenters. The molecule has 0 amide bonds. The van der Waals surface area contributed by atoms with E-state index in [1.54, 1.807) is 0 Å². The molecule has 0 saturated carbocycles. The Morgan fingerprint density at radius 1 is 1.40 bits per heavy atom. The first-order valence-electron chi connectivity index (χ1n) is 5.13. The maximum atomic E-state index is 7.08. The molecule has 3 heteroatoms. The van der Waals surface area contributed by atoms with E-state index in [1.807, 2.05) is 12.1 Å². The number of amidine groups is 1. The van der Waals surface area contributed by atoms with Gasteiger partial charge in [-0.1, -0.05) is 12.1 Å². The Hall–Kier alpha value is -1.51. The van der Waals surface area contributed by atoms with Crippen LogP contribution in [-0.2, 0) is 0 Å². The lowest BCUT2D eigenvalue weighted by Gasteiger charge is -2.10. The van der Waals surface area contributed by atoms with Gasteiger partial charge in [0.15, 0.2) is 0 Å². The third-order valence-corrected chi connectivity index (χ3v) is 2.40. The van der Waals surface area contributed by atoms with Gasteiger partial charge in [0.05, 0.1) is 12.4 Å². The summed E-state index contributed by atoms with van der Waals surface area (Å²) < 4.78 is 5.62. The van der Waals surface area contributed by atoms with E-state index in [9.17, 15) is 0 Å². The molecule has 1 rings (SSSR count). The molecule has 1 aromatic rings. The highest BCUT2D eigenvalue weighted by Gasteiger charge is 2.01. The third kappa shape index (κ3) is 3.62. The fourth-order valence-corrected chi connectivity index (χ4v) is 1.33. The molecule has 0 fully saturated rings. The van der Waals surface area contributed by atoms with Crippen LogP contribution in [0, 0.1) is 19.3 Å². The van der Waals surface area contributed by atoms with Crippen molar-refractivity contribution >= 4 is 5.84 Å². The topological polar surface area (TPSA) is 59.1 Å². The second-order valence-electron chi connectivity index (χ2n) is 3.68. The average Bonchev–Trinajstić information content (AvgIpc) is 2.18. The van der Waals surface area contributed by atoms with Crippen molar-refractivity contribution in [1.82, 2.24) is 0 Å². The first kappa shape index (κ1) is 11.6. The molecule has 3 N–H and O–H groups in total. The van der Waals surface area contributed by atoms with Gasteiger partial charge in [0, 0.05) is 6.42 Å². The van der Waals surface area contributed by atoms with Crippen LogP contribution < -0.4 is 10.5 Å². The predicted octanol–water partition coefficient (Wildman–Crippen LogP) is 2.40. The van der Waals surface area contributed by atoms with Crippen LogP contribution in [0.5, 0.6) is 5.75 Å². The van der Waals surface area contributed by atoms with Gasteiger partial charge in [0.25, 0.3) is 0 Å². The molecule has 1 aromatic carbocycles.